The molecule has 3 aromatic rings. The van der Waals surface area contributed by atoms with E-state index in [1.54, 1.807) is 0 Å². The highest BCUT2D eigenvalue weighted by Gasteiger charge is 2.20. The van der Waals surface area contributed by atoms with Gasteiger partial charge in [0.15, 0.2) is 0 Å². The number of rotatable bonds is 2. The Bertz CT molecular complexity index is 800. The van der Waals surface area contributed by atoms with Crippen molar-refractivity contribution in [2.24, 2.45) is 0 Å². The zero-order chi connectivity index (χ0) is 14.4. The molecular weight excluding hydrogens is 270 g/mol. The van der Waals surface area contributed by atoms with E-state index in [0.717, 1.165) is 35.6 Å². The number of hydrogen-bond acceptors (Lipinski definition) is 6. The monoisotopic (exact) mass is 283 g/mol. The lowest BCUT2D eigenvalue weighted by molar-refractivity contribution is 0.357. The Morgan fingerprint density at radius 3 is 2.81 bits per heavy atom. The van der Waals surface area contributed by atoms with Crippen LogP contribution in [-0.4, -0.2) is 21.9 Å². The maximum absolute atomic E-state index is 5.50. The Kier molecular flexibility index (Phi) is 2.57. The van der Waals surface area contributed by atoms with E-state index in [-0.39, 0.29) is 0 Å². The van der Waals surface area contributed by atoms with Crippen LogP contribution in [0.1, 0.15) is 17.0 Å². The molecule has 0 radical (unpaired) electrons. The molecule has 0 saturated heterocycles. The molecule has 0 atom stereocenters. The van der Waals surface area contributed by atoms with E-state index < -0.39 is 0 Å². The predicted octanol–water partition coefficient (Wildman–Crippen LogP) is 2.94. The molecule has 3 heterocycles. The molecule has 0 saturated carbocycles. The van der Waals surface area contributed by atoms with Crippen molar-refractivity contribution in [2.75, 3.05) is 6.61 Å². The van der Waals surface area contributed by atoms with Crippen LogP contribution >= 0.6 is 0 Å². The van der Waals surface area contributed by atoms with Crippen molar-refractivity contribution < 1.29 is 13.8 Å². The summed E-state index contributed by atoms with van der Waals surface area (Å²) < 4.78 is 16.0. The van der Waals surface area contributed by atoms with E-state index in [1.807, 2.05) is 32.0 Å². The van der Waals surface area contributed by atoms with Crippen molar-refractivity contribution in [3.63, 3.8) is 0 Å². The van der Waals surface area contributed by atoms with E-state index in [2.05, 4.69) is 15.3 Å². The molecule has 1 aromatic carbocycles. The first-order valence-corrected chi connectivity index (χ1v) is 6.75. The number of nitrogens with zero attached hydrogens (tertiary/aromatic N) is 3. The van der Waals surface area contributed by atoms with Gasteiger partial charge in [0, 0.05) is 12.0 Å². The van der Waals surface area contributed by atoms with Gasteiger partial charge in [-0.3, -0.25) is 0 Å². The smallest absolute Gasteiger partial charge is 0.258 e. The van der Waals surface area contributed by atoms with E-state index in [0.29, 0.717) is 17.5 Å². The normalized spacial score (nSPS) is 13.2. The SMILES string of the molecule is Cc1noc(C)c1-c1noc(-c2ccc3c(c2)CCO3)n1. The minimum absolute atomic E-state index is 0.486. The van der Waals surface area contributed by atoms with Gasteiger partial charge in [-0.1, -0.05) is 10.3 Å². The molecule has 0 aliphatic carbocycles. The second-order valence-corrected chi connectivity index (χ2v) is 5.04. The maximum atomic E-state index is 5.50. The Morgan fingerprint density at radius 2 is 2.00 bits per heavy atom. The zero-order valence-corrected chi connectivity index (χ0v) is 11.7. The first kappa shape index (κ1) is 12.1. The molecule has 4 rings (SSSR count). The molecule has 6 nitrogen and oxygen atoms in total. The molecule has 0 fully saturated rings. The maximum Gasteiger partial charge on any atom is 0.258 e. The van der Waals surface area contributed by atoms with Crippen LogP contribution < -0.4 is 4.74 Å². The summed E-state index contributed by atoms with van der Waals surface area (Å²) in [6.07, 6.45) is 0.911. The summed E-state index contributed by atoms with van der Waals surface area (Å²) in [6.45, 7) is 4.42. The second kappa shape index (κ2) is 4.44. The molecule has 6 heteroatoms. The molecule has 106 valence electrons. The Hall–Kier alpha value is -2.63. The molecule has 1 aliphatic heterocycles. The van der Waals surface area contributed by atoms with Crippen LogP contribution in [0.3, 0.4) is 0 Å². The molecule has 1 aliphatic rings. The van der Waals surface area contributed by atoms with Gasteiger partial charge in [-0.05, 0) is 37.6 Å². The van der Waals surface area contributed by atoms with Crippen LogP contribution in [0.4, 0.5) is 0 Å². The lowest BCUT2D eigenvalue weighted by Crippen LogP contribution is -1.85. The van der Waals surface area contributed by atoms with Crippen molar-refractivity contribution in [3.05, 3.63) is 35.2 Å². The molecule has 0 bridgehead atoms. The summed E-state index contributed by atoms with van der Waals surface area (Å²) in [4.78, 5) is 4.45. The van der Waals surface area contributed by atoms with Crippen molar-refractivity contribution in [1.29, 1.82) is 0 Å². The molecular formula is C15H13N3O3. The average molecular weight is 283 g/mol. The van der Waals surface area contributed by atoms with Gasteiger partial charge in [0.25, 0.3) is 5.89 Å². The quantitative estimate of drug-likeness (QED) is 0.720. The summed E-state index contributed by atoms with van der Waals surface area (Å²) in [6, 6.07) is 5.90. The fourth-order valence-corrected chi connectivity index (χ4v) is 2.56. The third-order valence-electron chi connectivity index (χ3n) is 3.62. The fraction of sp³-hybridized carbons (Fsp3) is 0.267. The van der Waals surface area contributed by atoms with Gasteiger partial charge in [0.05, 0.1) is 17.9 Å². The van der Waals surface area contributed by atoms with Crippen LogP contribution in [-0.2, 0) is 6.42 Å². The minimum atomic E-state index is 0.486. The molecule has 0 spiro atoms. The molecule has 0 amide bonds. The van der Waals surface area contributed by atoms with Crippen LogP contribution in [0.15, 0.2) is 27.2 Å². The average Bonchev–Trinajstić information content (AvgIpc) is 3.18. The number of hydrogen-bond donors (Lipinski definition) is 0. The third kappa shape index (κ3) is 1.91. The summed E-state index contributed by atoms with van der Waals surface area (Å²) in [5, 5.41) is 7.94. The van der Waals surface area contributed by atoms with E-state index in [1.165, 1.54) is 5.56 Å². The highest BCUT2D eigenvalue weighted by Crippen LogP contribution is 2.31. The Balaban J connectivity index is 1.75. The summed E-state index contributed by atoms with van der Waals surface area (Å²) in [5.41, 5.74) is 3.60. The largest absolute Gasteiger partial charge is 0.493 e. The van der Waals surface area contributed by atoms with Gasteiger partial charge in [0.1, 0.15) is 11.5 Å². The summed E-state index contributed by atoms with van der Waals surface area (Å²) in [7, 11) is 0. The highest BCUT2D eigenvalue weighted by atomic mass is 16.5. The summed E-state index contributed by atoms with van der Waals surface area (Å²) in [5.74, 6) is 2.60. The van der Waals surface area contributed by atoms with Crippen LogP contribution in [0.25, 0.3) is 22.8 Å². The van der Waals surface area contributed by atoms with Crippen LogP contribution in [0, 0.1) is 13.8 Å². The summed E-state index contributed by atoms with van der Waals surface area (Å²) >= 11 is 0. The first-order chi connectivity index (χ1) is 10.2. The van der Waals surface area contributed by atoms with Crippen LogP contribution in [0.2, 0.25) is 0 Å². The minimum Gasteiger partial charge on any atom is -0.493 e. The number of aromatic nitrogens is 3. The lowest BCUT2D eigenvalue weighted by atomic mass is 10.1. The standard InChI is InChI=1S/C15H13N3O3/c1-8-13(9(2)20-17-8)14-16-15(21-18-14)11-3-4-12-10(7-11)5-6-19-12/h3-4,7H,5-6H2,1-2H3. The van der Waals surface area contributed by atoms with Gasteiger partial charge in [-0.25, -0.2) is 0 Å². The number of fused-ring (bicyclic) bond motifs is 1. The highest BCUT2D eigenvalue weighted by molar-refractivity contribution is 5.64. The Morgan fingerprint density at radius 1 is 1.10 bits per heavy atom. The molecule has 2 aromatic heterocycles. The molecule has 0 N–H and O–H groups in total. The number of aryl methyl sites for hydroxylation is 2. The van der Waals surface area contributed by atoms with Crippen molar-refractivity contribution >= 4 is 0 Å². The number of benzene rings is 1. The van der Waals surface area contributed by atoms with E-state index in [9.17, 15) is 0 Å². The van der Waals surface area contributed by atoms with Crippen molar-refractivity contribution in [2.45, 2.75) is 20.3 Å². The molecule has 0 unspecified atom stereocenters. The fourth-order valence-electron chi connectivity index (χ4n) is 2.56. The van der Waals surface area contributed by atoms with Crippen molar-refractivity contribution in [3.8, 4) is 28.6 Å². The van der Waals surface area contributed by atoms with Gasteiger partial charge < -0.3 is 13.8 Å². The van der Waals surface area contributed by atoms with Gasteiger partial charge >= 0.3 is 0 Å². The first-order valence-electron chi connectivity index (χ1n) is 6.75. The van der Waals surface area contributed by atoms with Crippen LogP contribution in [0.5, 0.6) is 5.75 Å². The second-order valence-electron chi connectivity index (χ2n) is 5.04. The van der Waals surface area contributed by atoms with Gasteiger partial charge in [0.2, 0.25) is 5.82 Å². The number of ether oxygens (including phenoxy) is 1. The molecule has 21 heavy (non-hydrogen) atoms. The van der Waals surface area contributed by atoms with Gasteiger partial charge in [-0.2, -0.15) is 4.98 Å². The van der Waals surface area contributed by atoms with Gasteiger partial charge in [-0.15, -0.1) is 0 Å². The zero-order valence-electron chi connectivity index (χ0n) is 11.7. The topological polar surface area (TPSA) is 74.2 Å². The Labute approximate surface area is 120 Å². The van der Waals surface area contributed by atoms with Crippen molar-refractivity contribution in [1.82, 2.24) is 15.3 Å². The lowest BCUT2D eigenvalue weighted by Gasteiger charge is -1.99. The third-order valence-corrected chi connectivity index (χ3v) is 3.62. The predicted molar refractivity (Wildman–Crippen MR) is 73.9 cm³/mol. The van der Waals surface area contributed by atoms with E-state index >= 15 is 0 Å². The van der Waals surface area contributed by atoms with E-state index in [4.69, 9.17) is 13.8 Å².